The van der Waals surface area contributed by atoms with Crippen molar-refractivity contribution < 1.29 is 22.0 Å². The van der Waals surface area contributed by atoms with Crippen molar-refractivity contribution >= 4 is 12.4 Å². The molecular weight excluding hydrogens is 265 g/mol. The molecule has 0 spiro atoms. The zero-order valence-electron chi connectivity index (χ0n) is 8.60. The average molecular weight is 276 g/mol. The Balaban J connectivity index is 0.00000256. The summed E-state index contributed by atoms with van der Waals surface area (Å²) >= 11 is 0. The Morgan fingerprint density at radius 3 is 2.24 bits per heavy atom. The molecule has 0 aliphatic heterocycles. The van der Waals surface area contributed by atoms with E-state index in [1.807, 2.05) is 0 Å². The topological polar surface area (TPSA) is 26.0 Å². The third-order valence-electron chi connectivity index (χ3n) is 2.10. The third-order valence-corrected chi connectivity index (χ3v) is 2.10. The average Bonchev–Trinajstić information content (AvgIpc) is 2.16. The van der Waals surface area contributed by atoms with Crippen LogP contribution >= 0.6 is 12.4 Å². The first-order valence-electron chi connectivity index (χ1n) is 4.54. The molecule has 0 aliphatic carbocycles. The Morgan fingerprint density at radius 1 is 1.18 bits per heavy atom. The molecule has 0 aromatic heterocycles. The highest BCUT2D eigenvalue weighted by atomic mass is 35.5. The van der Waals surface area contributed by atoms with E-state index < -0.39 is 30.3 Å². The van der Waals surface area contributed by atoms with Crippen LogP contribution in [0.25, 0.3) is 0 Å². The summed E-state index contributed by atoms with van der Waals surface area (Å²) in [6.45, 7) is -0.765. The minimum atomic E-state index is -4.63. The van der Waals surface area contributed by atoms with Crippen molar-refractivity contribution in [2.75, 3.05) is 6.67 Å². The van der Waals surface area contributed by atoms with Crippen molar-refractivity contribution in [3.05, 3.63) is 35.1 Å². The fraction of sp³-hybridized carbons (Fsp3) is 0.400. The van der Waals surface area contributed by atoms with Crippen LogP contribution in [-0.4, -0.2) is 6.67 Å². The van der Waals surface area contributed by atoms with Crippen molar-refractivity contribution in [2.45, 2.75) is 18.6 Å². The molecule has 0 unspecified atom stereocenters. The molecule has 17 heavy (non-hydrogen) atoms. The van der Waals surface area contributed by atoms with Crippen LogP contribution in [0, 0.1) is 5.82 Å². The fourth-order valence-corrected chi connectivity index (χ4v) is 1.27. The first kappa shape index (κ1) is 16.1. The van der Waals surface area contributed by atoms with Crippen LogP contribution in [0.1, 0.15) is 23.6 Å². The Kier molecular flexibility index (Phi) is 5.84. The van der Waals surface area contributed by atoms with Gasteiger partial charge in [0.2, 0.25) is 0 Å². The molecule has 0 radical (unpaired) electrons. The SMILES string of the molecule is Cl.N[C@H](CCF)c1cc(F)cc(C(F)(F)F)c1. The maximum absolute atomic E-state index is 12.9. The van der Waals surface area contributed by atoms with Gasteiger partial charge >= 0.3 is 6.18 Å². The lowest BCUT2D eigenvalue weighted by atomic mass is 10.0. The summed E-state index contributed by atoms with van der Waals surface area (Å²) in [5, 5.41) is 0. The Morgan fingerprint density at radius 2 is 1.76 bits per heavy atom. The second kappa shape index (κ2) is 6.16. The molecule has 0 amide bonds. The lowest BCUT2D eigenvalue weighted by molar-refractivity contribution is -0.137. The summed E-state index contributed by atoms with van der Waals surface area (Å²) in [5.74, 6) is -1.03. The summed E-state index contributed by atoms with van der Waals surface area (Å²) < 4.78 is 61.8. The van der Waals surface area contributed by atoms with Gasteiger partial charge in [-0.25, -0.2) is 4.39 Å². The molecule has 0 heterocycles. The molecule has 1 nitrogen and oxygen atoms in total. The van der Waals surface area contributed by atoms with Crippen molar-refractivity contribution in [1.29, 1.82) is 0 Å². The Bertz CT molecular complexity index is 366. The quantitative estimate of drug-likeness (QED) is 0.838. The molecule has 1 atom stereocenters. The smallest absolute Gasteiger partial charge is 0.324 e. The Labute approximate surface area is 101 Å². The van der Waals surface area contributed by atoms with E-state index in [0.29, 0.717) is 6.07 Å². The van der Waals surface area contributed by atoms with Gasteiger partial charge in [-0.05, 0) is 30.2 Å². The molecule has 7 heteroatoms. The van der Waals surface area contributed by atoms with Crippen LogP contribution in [0.4, 0.5) is 22.0 Å². The van der Waals surface area contributed by atoms with E-state index >= 15 is 0 Å². The second-order valence-corrected chi connectivity index (χ2v) is 3.36. The lowest BCUT2D eigenvalue weighted by Crippen LogP contribution is -2.14. The van der Waals surface area contributed by atoms with E-state index in [1.54, 1.807) is 0 Å². The van der Waals surface area contributed by atoms with Crippen molar-refractivity contribution in [1.82, 2.24) is 0 Å². The van der Waals surface area contributed by atoms with Crippen LogP contribution in [0.15, 0.2) is 18.2 Å². The first-order valence-corrected chi connectivity index (χ1v) is 4.54. The molecule has 1 aromatic rings. The normalized spacial score (nSPS) is 13.1. The molecule has 1 rings (SSSR count). The second-order valence-electron chi connectivity index (χ2n) is 3.36. The summed E-state index contributed by atoms with van der Waals surface area (Å²) in [6, 6.07) is 1.08. The molecule has 0 saturated heterocycles. The van der Waals surface area contributed by atoms with E-state index in [1.165, 1.54) is 0 Å². The molecule has 0 aliphatic rings. The summed E-state index contributed by atoms with van der Waals surface area (Å²) in [5.41, 5.74) is 4.25. The van der Waals surface area contributed by atoms with Crippen molar-refractivity contribution in [3.8, 4) is 0 Å². The number of benzene rings is 1. The maximum atomic E-state index is 12.9. The number of nitrogens with two attached hydrogens (primary N) is 1. The number of halogens is 6. The van der Waals surface area contributed by atoms with Gasteiger partial charge < -0.3 is 5.73 Å². The number of hydrogen-bond acceptors (Lipinski definition) is 1. The van der Waals surface area contributed by atoms with E-state index in [2.05, 4.69) is 0 Å². The Hall–Kier alpha value is -0.880. The van der Waals surface area contributed by atoms with Gasteiger partial charge in [0.05, 0.1) is 12.2 Å². The fourth-order valence-electron chi connectivity index (χ4n) is 1.27. The number of rotatable bonds is 3. The maximum Gasteiger partial charge on any atom is 0.416 e. The zero-order chi connectivity index (χ0) is 12.3. The number of hydrogen-bond donors (Lipinski definition) is 1. The van der Waals surface area contributed by atoms with Gasteiger partial charge in [-0.15, -0.1) is 12.4 Å². The third kappa shape index (κ3) is 4.47. The minimum absolute atomic E-state index is 0. The molecule has 0 saturated carbocycles. The summed E-state index contributed by atoms with van der Waals surface area (Å²) in [6.07, 6.45) is -4.77. The predicted octanol–water partition coefficient (Wildman–Crippen LogP) is 3.63. The minimum Gasteiger partial charge on any atom is -0.324 e. The van der Waals surface area contributed by atoms with Gasteiger partial charge in [-0.3, -0.25) is 4.39 Å². The molecule has 2 N–H and O–H groups in total. The lowest BCUT2D eigenvalue weighted by Gasteiger charge is -2.13. The van der Waals surface area contributed by atoms with Gasteiger partial charge in [-0.1, -0.05) is 0 Å². The largest absolute Gasteiger partial charge is 0.416 e. The molecular formula is C10H11ClF5N. The zero-order valence-corrected chi connectivity index (χ0v) is 9.42. The van der Waals surface area contributed by atoms with E-state index in [-0.39, 0.29) is 24.4 Å². The van der Waals surface area contributed by atoms with Crippen LogP contribution < -0.4 is 5.73 Å². The van der Waals surface area contributed by atoms with Crippen molar-refractivity contribution in [3.63, 3.8) is 0 Å². The van der Waals surface area contributed by atoms with Gasteiger partial charge in [-0.2, -0.15) is 13.2 Å². The van der Waals surface area contributed by atoms with Gasteiger partial charge in [0.25, 0.3) is 0 Å². The van der Waals surface area contributed by atoms with Gasteiger partial charge in [0.1, 0.15) is 5.82 Å². The molecule has 1 aromatic carbocycles. The van der Waals surface area contributed by atoms with Gasteiger partial charge in [0, 0.05) is 6.04 Å². The monoisotopic (exact) mass is 275 g/mol. The highest BCUT2D eigenvalue weighted by molar-refractivity contribution is 5.85. The molecule has 0 bridgehead atoms. The van der Waals surface area contributed by atoms with Crippen LogP contribution in [0.5, 0.6) is 0 Å². The van der Waals surface area contributed by atoms with Crippen LogP contribution in [0.3, 0.4) is 0 Å². The van der Waals surface area contributed by atoms with E-state index in [9.17, 15) is 22.0 Å². The number of alkyl halides is 4. The van der Waals surface area contributed by atoms with Gasteiger partial charge in [0.15, 0.2) is 0 Å². The first-order chi connectivity index (χ1) is 7.34. The summed E-state index contributed by atoms with van der Waals surface area (Å²) in [4.78, 5) is 0. The van der Waals surface area contributed by atoms with Crippen molar-refractivity contribution in [2.24, 2.45) is 5.73 Å². The van der Waals surface area contributed by atoms with E-state index in [4.69, 9.17) is 5.73 Å². The summed E-state index contributed by atoms with van der Waals surface area (Å²) in [7, 11) is 0. The molecule has 98 valence electrons. The predicted molar refractivity (Wildman–Crippen MR) is 56.2 cm³/mol. The molecule has 0 fully saturated rings. The standard InChI is InChI=1S/C10H10F5N.ClH/c11-2-1-9(16)6-3-7(10(13,14)15)5-8(12)4-6;/h3-5,9H,1-2,16H2;1H/t9-;/m1./s1. The van der Waals surface area contributed by atoms with Crippen LogP contribution in [-0.2, 0) is 6.18 Å². The van der Waals surface area contributed by atoms with Crippen LogP contribution in [0.2, 0.25) is 0 Å². The highest BCUT2D eigenvalue weighted by Crippen LogP contribution is 2.31. The highest BCUT2D eigenvalue weighted by Gasteiger charge is 2.31. The van der Waals surface area contributed by atoms with E-state index in [0.717, 1.165) is 12.1 Å².